The minimum absolute atomic E-state index is 0.144. The molecule has 0 aliphatic heterocycles. The van der Waals surface area contributed by atoms with Gasteiger partial charge in [0.25, 0.3) is 0 Å². The zero-order valence-corrected chi connectivity index (χ0v) is 8.72. The van der Waals surface area contributed by atoms with Gasteiger partial charge in [0.15, 0.2) is 0 Å². The summed E-state index contributed by atoms with van der Waals surface area (Å²) in [6.07, 6.45) is 1.79. The van der Waals surface area contributed by atoms with Crippen LogP contribution in [0, 0.1) is 0 Å². The topological polar surface area (TPSA) is 0 Å². The van der Waals surface area contributed by atoms with E-state index in [0.717, 1.165) is 11.8 Å². The molecule has 0 aromatic rings. The van der Waals surface area contributed by atoms with E-state index in [1.807, 2.05) is 0 Å². The van der Waals surface area contributed by atoms with Crippen molar-refractivity contribution in [1.82, 2.24) is 0 Å². The molecule has 11 heavy (non-hydrogen) atoms. The highest BCUT2D eigenvalue weighted by Gasteiger charge is 2.06. The summed E-state index contributed by atoms with van der Waals surface area (Å²) in [5.74, 6) is -0.114. The average Bonchev–Trinajstić information content (AvgIpc) is 2.01. The molecule has 0 aliphatic carbocycles. The third-order valence-electron chi connectivity index (χ3n) is 1.05. The Kier molecular flexibility index (Phi) is 7.38. The summed E-state index contributed by atoms with van der Waals surface area (Å²) in [4.78, 5) is 0. The second-order valence-corrected chi connectivity index (χ2v) is 3.86. The van der Waals surface area contributed by atoms with Gasteiger partial charge in [-0.15, -0.1) is 11.8 Å². The number of allylic oxidation sites excluding steroid dienone is 1. The zero-order chi connectivity index (χ0) is 8.69. The van der Waals surface area contributed by atoms with E-state index in [-0.39, 0.29) is 11.6 Å². The monoisotopic (exact) mass is 244 g/mol. The molecule has 0 rings (SSSR count). The molecule has 0 aromatic heterocycles. The highest BCUT2D eigenvalue weighted by molar-refractivity contribution is 9.09. The maximum atomic E-state index is 12.6. The summed E-state index contributed by atoms with van der Waals surface area (Å²) >= 11 is 4.11. The fourth-order valence-corrected chi connectivity index (χ4v) is 1.92. The third kappa shape index (κ3) is 6.81. The molecule has 66 valence electrons. The molecule has 1 atom stereocenters. The first kappa shape index (κ1) is 11.4. The van der Waals surface area contributed by atoms with Crippen LogP contribution in [0.25, 0.3) is 0 Å². The molecule has 0 nitrogen and oxygen atoms in total. The molecule has 0 bridgehead atoms. The summed E-state index contributed by atoms with van der Waals surface area (Å²) in [6, 6.07) is 0. The van der Waals surface area contributed by atoms with Gasteiger partial charge in [-0.2, -0.15) is 0 Å². The van der Waals surface area contributed by atoms with E-state index in [2.05, 4.69) is 15.9 Å². The van der Waals surface area contributed by atoms with Crippen LogP contribution in [-0.2, 0) is 0 Å². The van der Waals surface area contributed by atoms with Crippen molar-refractivity contribution < 1.29 is 8.78 Å². The lowest BCUT2D eigenvalue weighted by Gasteiger charge is -2.03. The normalized spacial score (nSPS) is 15.1. The van der Waals surface area contributed by atoms with Gasteiger partial charge in [-0.3, -0.25) is 0 Å². The lowest BCUT2D eigenvalue weighted by atomic mass is 10.5. The second kappa shape index (κ2) is 7.10. The quantitative estimate of drug-likeness (QED) is 0.666. The molecule has 0 aliphatic rings. The van der Waals surface area contributed by atoms with Crippen LogP contribution in [0.2, 0.25) is 0 Å². The van der Waals surface area contributed by atoms with Crippen LogP contribution in [0.4, 0.5) is 8.78 Å². The molecule has 1 unspecified atom stereocenters. The Morgan fingerprint density at radius 2 is 2.36 bits per heavy atom. The van der Waals surface area contributed by atoms with E-state index in [0.29, 0.717) is 11.8 Å². The predicted octanol–water partition coefficient (Wildman–Crippen LogP) is 3.67. The Bertz CT molecular complexity index is 128. The molecule has 0 N–H and O–H groups in total. The fourth-order valence-electron chi connectivity index (χ4n) is 0.422. The molecule has 0 amide bonds. The van der Waals surface area contributed by atoms with Gasteiger partial charge in [0.05, 0.1) is 0 Å². The molecule has 0 saturated heterocycles. The Morgan fingerprint density at radius 3 is 2.82 bits per heavy atom. The average molecular weight is 245 g/mol. The molecule has 0 fully saturated rings. The molecule has 4 heteroatoms. The Hall–Kier alpha value is 0.430. The number of thioether (sulfide) groups is 1. The minimum Gasteiger partial charge on any atom is -0.236 e. The second-order valence-electron chi connectivity index (χ2n) is 1.93. The van der Waals surface area contributed by atoms with Gasteiger partial charge in [-0.25, -0.2) is 8.78 Å². The van der Waals surface area contributed by atoms with Crippen LogP contribution in [0.1, 0.15) is 13.3 Å². The Morgan fingerprint density at radius 1 is 1.73 bits per heavy atom. The lowest BCUT2D eigenvalue weighted by Crippen LogP contribution is -1.96. The summed E-state index contributed by atoms with van der Waals surface area (Å²) in [6.45, 7) is 1.60. The largest absolute Gasteiger partial charge is 0.236 e. The fraction of sp³-hybridized carbons (Fsp3) is 0.714. The van der Waals surface area contributed by atoms with E-state index in [4.69, 9.17) is 0 Å². The summed E-state index contributed by atoms with van der Waals surface area (Å²) in [5.41, 5.74) is -0.958. The maximum Gasteiger partial charge on any atom is 0.147 e. The SMILES string of the molecule is C/C=C(/F)CSC(F)CCBr. The van der Waals surface area contributed by atoms with Crippen molar-refractivity contribution in [3.05, 3.63) is 11.9 Å². The van der Waals surface area contributed by atoms with Gasteiger partial charge in [0.2, 0.25) is 0 Å². The van der Waals surface area contributed by atoms with Crippen LogP contribution < -0.4 is 0 Å². The van der Waals surface area contributed by atoms with Gasteiger partial charge < -0.3 is 0 Å². The van der Waals surface area contributed by atoms with Gasteiger partial charge in [0, 0.05) is 11.1 Å². The highest BCUT2D eigenvalue weighted by Crippen LogP contribution is 2.19. The maximum absolute atomic E-state index is 12.6. The van der Waals surface area contributed by atoms with E-state index >= 15 is 0 Å². The van der Waals surface area contributed by atoms with E-state index in [1.165, 1.54) is 6.08 Å². The smallest absolute Gasteiger partial charge is 0.147 e. The number of hydrogen-bond donors (Lipinski definition) is 0. The van der Waals surface area contributed by atoms with Crippen molar-refractivity contribution in [2.24, 2.45) is 0 Å². The van der Waals surface area contributed by atoms with E-state index in [1.54, 1.807) is 6.92 Å². The van der Waals surface area contributed by atoms with E-state index < -0.39 is 5.50 Å². The lowest BCUT2D eigenvalue weighted by molar-refractivity contribution is 0.445. The van der Waals surface area contributed by atoms with Crippen LogP contribution in [0.15, 0.2) is 11.9 Å². The van der Waals surface area contributed by atoms with Crippen LogP contribution in [-0.4, -0.2) is 16.6 Å². The van der Waals surface area contributed by atoms with Gasteiger partial charge in [0.1, 0.15) is 11.3 Å². The summed E-state index contributed by atoms with van der Waals surface area (Å²) in [5, 5.41) is 0.624. The van der Waals surface area contributed by atoms with Gasteiger partial charge >= 0.3 is 0 Å². The number of hydrogen-bond acceptors (Lipinski definition) is 1. The molecule has 0 saturated carbocycles. The Labute approximate surface area is 78.6 Å². The first-order valence-corrected chi connectivity index (χ1v) is 5.50. The van der Waals surface area contributed by atoms with E-state index in [9.17, 15) is 8.78 Å². The van der Waals surface area contributed by atoms with Crippen molar-refractivity contribution in [2.75, 3.05) is 11.1 Å². The van der Waals surface area contributed by atoms with Crippen molar-refractivity contribution >= 4 is 27.7 Å². The highest BCUT2D eigenvalue weighted by atomic mass is 79.9. The van der Waals surface area contributed by atoms with Crippen molar-refractivity contribution in [3.63, 3.8) is 0 Å². The minimum atomic E-state index is -0.958. The predicted molar refractivity (Wildman–Crippen MR) is 50.6 cm³/mol. The molecule has 0 heterocycles. The first-order chi connectivity index (χ1) is 5.20. The first-order valence-electron chi connectivity index (χ1n) is 3.33. The number of halogens is 3. The molecular formula is C7H11BrF2S. The molecule has 0 radical (unpaired) electrons. The number of rotatable bonds is 5. The van der Waals surface area contributed by atoms with Crippen molar-refractivity contribution in [1.29, 1.82) is 0 Å². The molecule has 0 aromatic carbocycles. The van der Waals surface area contributed by atoms with Crippen molar-refractivity contribution in [3.8, 4) is 0 Å². The van der Waals surface area contributed by atoms with Crippen molar-refractivity contribution in [2.45, 2.75) is 18.8 Å². The zero-order valence-electron chi connectivity index (χ0n) is 6.32. The van der Waals surface area contributed by atoms with Crippen LogP contribution >= 0.6 is 27.7 Å². The standard InChI is InChI=1S/C7H11BrF2S/c1-2-6(9)5-11-7(10)3-4-8/h2,7H,3-5H2,1H3/b6-2+. The van der Waals surface area contributed by atoms with Gasteiger partial charge in [-0.1, -0.05) is 22.0 Å². The molecular weight excluding hydrogens is 234 g/mol. The Balaban J connectivity index is 3.37. The molecule has 0 spiro atoms. The van der Waals surface area contributed by atoms with Crippen LogP contribution in [0.5, 0.6) is 0 Å². The summed E-state index contributed by atoms with van der Waals surface area (Å²) in [7, 11) is 0. The number of alkyl halides is 2. The summed E-state index contributed by atoms with van der Waals surface area (Å²) < 4.78 is 25.0. The van der Waals surface area contributed by atoms with Crippen LogP contribution in [0.3, 0.4) is 0 Å². The van der Waals surface area contributed by atoms with Gasteiger partial charge in [-0.05, 0) is 13.3 Å². The third-order valence-corrected chi connectivity index (χ3v) is 2.55.